The molecular formula is C15H24N2O. The van der Waals surface area contributed by atoms with Crippen LogP contribution in [-0.2, 0) is 13.1 Å². The molecule has 0 amide bonds. The van der Waals surface area contributed by atoms with E-state index in [2.05, 4.69) is 42.4 Å². The molecule has 0 radical (unpaired) electrons. The zero-order valence-electron chi connectivity index (χ0n) is 11.7. The van der Waals surface area contributed by atoms with Crippen molar-refractivity contribution in [1.29, 1.82) is 0 Å². The largest absolute Gasteiger partial charge is 0.496 e. The molecular weight excluding hydrogens is 224 g/mol. The number of nitrogens with one attached hydrogen (secondary N) is 1. The Morgan fingerprint density at radius 2 is 2.17 bits per heavy atom. The molecule has 1 N–H and O–H groups in total. The lowest BCUT2D eigenvalue weighted by molar-refractivity contribution is 0.333. The predicted molar refractivity (Wildman–Crippen MR) is 74.9 cm³/mol. The van der Waals surface area contributed by atoms with Gasteiger partial charge in [-0.25, -0.2) is 0 Å². The molecule has 3 heteroatoms. The average molecular weight is 248 g/mol. The third-order valence-corrected chi connectivity index (χ3v) is 3.50. The van der Waals surface area contributed by atoms with Gasteiger partial charge in [0.15, 0.2) is 0 Å². The van der Waals surface area contributed by atoms with Crippen LogP contribution in [0, 0.1) is 0 Å². The summed E-state index contributed by atoms with van der Waals surface area (Å²) in [5, 5.41) is 3.55. The molecule has 1 aromatic rings. The Kier molecular flexibility index (Phi) is 4.61. The van der Waals surface area contributed by atoms with Gasteiger partial charge in [0.25, 0.3) is 0 Å². The van der Waals surface area contributed by atoms with Gasteiger partial charge in [0, 0.05) is 24.7 Å². The van der Waals surface area contributed by atoms with Crippen LogP contribution in [0.5, 0.6) is 5.75 Å². The summed E-state index contributed by atoms with van der Waals surface area (Å²) in [7, 11) is 3.88. The fourth-order valence-electron chi connectivity index (χ4n) is 2.02. The van der Waals surface area contributed by atoms with E-state index in [4.69, 9.17) is 4.74 Å². The molecule has 1 fully saturated rings. The first-order chi connectivity index (χ1) is 8.72. The maximum atomic E-state index is 5.44. The Morgan fingerprint density at radius 1 is 1.39 bits per heavy atom. The fourth-order valence-corrected chi connectivity index (χ4v) is 2.02. The molecule has 0 atom stereocenters. The Balaban J connectivity index is 2.04. The Labute approximate surface area is 110 Å². The van der Waals surface area contributed by atoms with Crippen molar-refractivity contribution in [3.05, 3.63) is 29.3 Å². The molecule has 18 heavy (non-hydrogen) atoms. The van der Waals surface area contributed by atoms with Crippen molar-refractivity contribution < 1.29 is 4.74 Å². The predicted octanol–water partition coefficient (Wildman–Crippen LogP) is 2.40. The molecule has 0 heterocycles. The van der Waals surface area contributed by atoms with E-state index in [1.165, 1.54) is 24.0 Å². The third-order valence-electron chi connectivity index (χ3n) is 3.50. The van der Waals surface area contributed by atoms with Crippen LogP contribution >= 0.6 is 0 Å². The molecule has 100 valence electrons. The van der Waals surface area contributed by atoms with E-state index in [1.54, 1.807) is 7.11 Å². The molecule has 0 saturated heterocycles. The number of rotatable bonds is 7. The van der Waals surface area contributed by atoms with E-state index in [-0.39, 0.29) is 0 Å². The van der Waals surface area contributed by atoms with E-state index < -0.39 is 0 Å². The summed E-state index contributed by atoms with van der Waals surface area (Å²) in [6, 6.07) is 7.26. The number of nitrogens with zero attached hydrogens (tertiary/aromatic N) is 1. The smallest absolute Gasteiger partial charge is 0.123 e. The van der Waals surface area contributed by atoms with Gasteiger partial charge in [0.2, 0.25) is 0 Å². The summed E-state index contributed by atoms with van der Waals surface area (Å²) < 4.78 is 5.44. The first-order valence-corrected chi connectivity index (χ1v) is 6.80. The maximum absolute atomic E-state index is 5.44. The highest BCUT2D eigenvalue weighted by molar-refractivity contribution is 5.37. The summed E-state index contributed by atoms with van der Waals surface area (Å²) in [5.74, 6) is 0.991. The molecule has 1 aliphatic rings. The maximum Gasteiger partial charge on any atom is 0.123 e. The van der Waals surface area contributed by atoms with Gasteiger partial charge in [-0.3, -0.25) is 0 Å². The van der Waals surface area contributed by atoms with Crippen LogP contribution in [0.3, 0.4) is 0 Å². The standard InChI is InChI=1S/C15H24N2O/c1-4-17(2)11-13-9-12(5-8-15(13)18-3)10-16-14-6-7-14/h5,8-9,14,16H,4,6-7,10-11H2,1-3H3. The van der Waals surface area contributed by atoms with Crippen LogP contribution in [0.15, 0.2) is 18.2 Å². The van der Waals surface area contributed by atoms with E-state index >= 15 is 0 Å². The van der Waals surface area contributed by atoms with E-state index in [1.807, 2.05) is 0 Å². The highest BCUT2D eigenvalue weighted by atomic mass is 16.5. The van der Waals surface area contributed by atoms with Crippen molar-refractivity contribution >= 4 is 0 Å². The second-order valence-electron chi connectivity index (χ2n) is 5.13. The average Bonchev–Trinajstić information content (AvgIpc) is 3.20. The molecule has 1 aliphatic carbocycles. The zero-order chi connectivity index (χ0) is 13.0. The molecule has 0 bridgehead atoms. The van der Waals surface area contributed by atoms with Gasteiger partial charge >= 0.3 is 0 Å². The van der Waals surface area contributed by atoms with E-state index in [0.29, 0.717) is 0 Å². The number of ether oxygens (including phenoxy) is 1. The molecule has 0 aliphatic heterocycles. The second-order valence-corrected chi connectivity index (χ2v) is 5.13. The molecule has 1 saturated carbocycles. The van der Waals surface area contributed by atoms with E-state index in [9.17, 15) is 0 Å². The first-order valence-electron chi connectivity index (χ1n) is 6.80. The minimum absolute atomic E-state index is 0.758. The molecule has 1 aromatic carbocycles. The van der Waals surface area contributed by atoms with Crippen molar-refractivity contribution in [2.24, 2.45) is 0 Å². The summed E-state index contributed by atoms with van der Waals surface area (Å²) in [6.45, 7) is 5.13. The van der Waals surface area contributed by atoms with Crippen molar-refractivity contribution in [3.63, 3.8) is 0 Å². The van der Waals surface area contributed by atoms with Crippen molar-refractivity contribution in [3.8, 4) is 5.75 Å². The van der Waals surface area contributed by atoms with Gasteiger partial charge in [-0.2, -0.15) is 0 Å². The van der Waals surface area contributed by atoms with Gasteiger partial charge < -0.3 is 15.0 Å². The summed E-state index contributed by atoms with van der Waals surface area (Å²) in [4.78, 5) is 2.29. The Hall–Kier alpha value is -1.06. The molecule has 0 aromatic heterocycles. The van der Waals surface area contributed by atoms with Crippen LogP contribution in [-0.4, -0.2) is 31.6 Å². The molecule has 2 rings (SSSR count). The number of methoxy groups -OCH3 is 1. The lowest BCUT2D eigenvalue weighted by Gasteiger charge is -2.17. The summed E-state index contributed by atoms with van der Waals surface area (Å²) in [5.41, 5.74) is 2.62. The summed E-state index contributed by atoms with van der Waals surface area (Å²) >= 11 is 0. The highest BCUT2D eigenvalue weighted by Gasteiger charge is 2.20. The lowest BCUT2D eigenvalue weighted by atomic mass is 10.1. The van der Waals surface area contributed by atoms with Crippen LogP contribution in [0.25, 0.3) is 0 Å². The first kappa shape index (κ1) is 13.4. The van der Waals surface area contributed by atoms with Crippen LogP contribution in [0.4, 0.5) is 0 Å². The minimum atomic E-state index is 0.758. The van der Waals surface area contributed by atoms with E-state index in [0.717, 1.165) is 31.4 Å². The van der Waals surface area contributed by atoms with Crippen molar-refractivity contribution in [2.45, 2.75) is 38.9 Å². The normalized spacial score (nSPS) is 15.1. The quantitative estimate of drug-likeness (QED) is 0.802. The molecule has 0 unspecified atom stereocenters. The topological polar surface area (TPSA) is 24.5 Å². The number of hydrogen-bond acceptors (Lipinski definition) is 3. The molecule has 3 nitrogen and oxygen atoms in total. The SMILES string of the molecule is CCN(C)Cc1cc(CNC2CC2)ccc1OC. The summed E-state index contributed by atoms with van der Waals surface area (Å²) in [6.07, 6.45) is 2.67. The van der Waals surface area contributed by atoms with Gasteiger partial charge in [0.1, 0.15) is 5.75 Å². The van der Waals surface area contributed by atoms with Gasteiger partial charge in [-0.1, -0.05) is 13.0 Å². The number of benzene rings is 1. The molecule has 0 spiro atoms. The van der Waals surface area contributed by atoms with Gasteiger partial charge in [0.05, 0.1) is 7.11 Å². The van der Waals surface area contributed by atoms with Crippen LogP contribution in [0.1, 0.15) is 30.9 Å². The Bertz CT molecular complexity index is 388. The number of hydrogen-bond donors (Lipinski definition) is 1. The fraction of sp³-hybridized carbons (Fsp3) is 0.600. The highest BCUT2D eigenvalue weighted by Crippen LogP contribution is 2.23. The zero-order valence-corrected chi connectivity index (χ0v) is 11.7. The van der Waals surface area contributed by atoms with Gasteiger partial charge in [-0.05, 0) is 44.1 Å². The van der Waals surface area contributed by atoms with Crippen LogP contribution < -0.4 is 10.1 Å². The third kappa shape index (κ3) is 3.72. The lowest BCUT2D eigenvalue weighted by Crippen LogP contribution is -2.18. The minimum Gasteiger partial charge on any atom is -0.496 e. The van der Waals surface area contributed by atoms with Gasteiger partial charge in [-0.15, -0.1) is 0 Å². The van der Waals surface area contributed by atoms with Crippen molar-refractivity contribution in [1.82, 2.24) is 10.2 Å². The van der Waals surface area contributed by atoms with Crippen LogP contribution in [0.2, 0.25) is 0 Å². The van der Waals surface area contributed by atoms with Crippen molar-refractivity contribution in [2.75, 3.05) is 20.7 Å². The Morgan fingerprint density at radius 3 is 2.78 bits per heavy atom. The monoisotopic (exact) mass is 248 g/mol. The second kappa shape index (κ2) is 6.21.